The SMILES string of the molecule is O=C(COc1ccc(F)cc1)N/N=C/c1ccccc1OCc1cccc(Br)c1. The summed E-state index contributed by atoms with van der Waals surface area (Å²) < 4.78 is 25.0. The molecule has 0 aliphatic rings. The van der Waals surface area contributed by atoms with E-state index in [1.165, 1.54) is 30.5 Å². The van der Waals surface area contributed by atoms with Gasteiger partial charge in [0, 0.05) is 10.0 Å². The molecule has 0 radical (unpaired) electrons. The van der Waals surface area contributed by atoms with Crippen molar-refractivity contribution in [2.45, 2.75) is 6.61 Å². The molecule has 5 nitrogen and oxygen atoms in total. The number of para-hydroxylation sites is 1. The van der Waals surface area contributed by atoms with E-state index in [1.54, 1.807) is 0 Å². The standard InChI is InChI=1S/C22H18BrFN2O3/c23-18-6-3-4-16(12-18)14-29-21-7-2-1-5-17(21)13-25-26-22(27)15-28-20-10-8-19(24)9-11-20/h1-13H,14-15H2,(H,26,27)/b25-13+. The Kier molecular flexibility index (Phi) is 7.35. The van der Waals surface area contributed by atoms with Crippen LogP contribution in [-0.2, 0) is 11.4 Å². The molecular formula is C22H18BrFN2O3. The number of hydrazone groups is 1. The van der Waals surface area contributed by atoms with Crippen molar-refractivity contribution in [3.8, 4) is 11.5 Å². The third-order valence-corrected chi connectivity index (χ3v) is 4.27. The molecule has 7 heteroatoms. The summed E-state index contributed by atoms with van der Waals surface area (Å²) in [4.78, 5) is 11.8. The average Bonchev–Trinajstić information content (AvgIpc) is 2.73. The molecule has 0 aromatic heterocycles. The minimum atomic E-state index is -0.432. The molecule has 0 atom stereocenters. The number of benzene rings is 3. The first-order chi connectivity index (χ1) is 14.1. The molecule has 148 valence electrons. The lowest BCUT2D eigenvalue weighted by atomic mass is 10.2. The Hall–Kier alpha value is -3.19. The van der Waals surface area contributed by atoms with Gasteiger partial charge in [-0.05, 0) is 54.1 Å². The first-order valence-corrected chi connectivity index (χ1v) is 9.56. The van der Waals surface area contributed by atoms with Crippen LogP contribution in [0.2, 0.25) is 0 Å². The molecule has 0 aliphatic heterocycles. The van der Waals surface area contributed by atoms with Crippen molar-refractivity contribution in [1.29, 1.82) is 0 Å². The molecule has 0 saturated carbocycles. The van der Waals surface area contributed by atoms with Crippen LogP contribution in [-0.4, -0.2) is 18.7 Å². The molecular weight excluding hydrogens is 439 g/mol. The molecule has 3 rings (SSSR count). The zero-order valence-electron chi connectivity index (χ0n) is 15.3. The lowest BCUT2D eigenvalue weighted by Gasteiger charge is -2.09. The van der Waals surface area contributed by atoms with Gasteiger partial charge in [0.05, 0.1) is 6.21 Å². The van der Waals surface area contributed by atoms with E-state index in [2.05, 4.69) is 26.5 Å². The van der Waals surface area contributed by atoms with Crippen LogP contribution < -0.4 is 14.9 Å². The summed E-state index contributed by atoms with van der Waals surface area (Å²) in [7, 11) is 0. The molecule has 0 bridgehead atoms. The van der Waals surface area contributed by atoms with Crippen LogP contribution in [0.25, 0.3) is 0 Å². The van der Waals surface area contributed by atoms with Gasteiger partial charge in [-0.3, -0.25) is 4.79 Å². The van der Waals surface area contributed by atoms with Gasteiger partial charge in [0.25, 0.3) is 5.91 Å². The number of amides is 1. The fourth-order valence-corrected chi connectivity index (χ4v) is 2.84. The predicted molar refractivity (Wildman–Crippen MR) is 113 cm³/mol. The molecule has 0 fully saturated rings. The van der Waals surface area contributed by atoms with Gasteiger partial charge in [-0.1, -0.05) is 40.2 Å². The van der Waals surface area contributed by atoms with Gasteiger partial charge < -0.3 is 9.47 Å². The van der Waals surface area contributed by atoms with Crippen LogP contribution in [0.15, 0.2) is 82.4 Å². The van der Waals surface area contributed by atoms with Crippen molar-refractivity contribution in [2.75, 3.05) is 6.61 Å². The first-order valence-electron chi connectivity index (χ1n) is 8.77. The van der Waals surface area contributed by atoms with Crippen LogP contribution in [0.3, 0.4) is 0 Å². The van der Waals surface area contributed by atoms with E-state index >= 15 is 0 Å². The van der Waals surface area contributed by atoms with Gasteiger partial charge in [0.1, 0.15) is 23.9 Å². The number of ether oxygens (including phenoxy) is 2. The van der Waals surface area contributed by atoms with E-state index in [9.17, 15) is 9.18 Å². The van der Waals surface area contributed by atoms with Crippen LogP contribution in [0.1, 0.15) is 11.1 Å². The number of carbonyl (C=O) groups excluding carboxylic acids is 1. The van der Waals surface area contributed by atoms with E-state index in [1.807, 2.05) is 48.5 Å². The van der Waals surface area contributed by atoms with Crippen molar-refractivity contribution in [2.24, 2.45) is 5.10 Å². The second-order valence-corrected chi connectivity index (χ2v) is 6.91. The largest absolute Gasteiger partial charge is 0.488 e. The Balaban J connectivity index is 1.52. The maximum absolute atomic E-state index is 12.8. The maximum atomic E-state index is 12.8. The summed E-state index contributed by atoms with van der Waals surface area (Å²) in [5, 5.41) is 3.95. The molecule has 0 saturated heterocycles. The van der Waals surface area contributed by atoms with Crippen LogP contribution in [0, 0.1) is 5.82 Å². The van der Waals surface area contributed by atoms with Crippen molar-refractivity contribution >= 4 is 28.1 Å². The first kappa shape index (κ1) is 20.5. The molecule has 0 aliphatic carbocycles. The van der Waals surface area contributed by atoms with E-state index < -0.39 is 5.91 Å². The van der Waals surface area contributed by atoms with Gasteiger partial charge >= 0.3 is 0 Å². The minimum Gasteiger partial charge on any atom is -0.488 e. The third kappa shape index (κ3) is 6.73. The fraction of sp³-hybridized carbons (Fsp3) is 0.0909. The number of rotatable bonds is 8. The van der Waals surface area contributed by atoms with Gasteiger partial charge in [-0.2, -0.15) is 5.10 Å². The van der Waals surface area contributed by atoms with Gasteiger partial charge in [-0.25, -0.2) is 9.82 Å². The molecule has 3 aromatic rings. The summed E-state index contributed by atoms with van der Waals surface area (Å²) in [6.07, 6.45) is 1.51. The molecule has 0 unspecified atom stereocenters. The molecule has 1 amide bonds. The topological polar surface area (TPSA) is 59.9 Å². The summed E-state index contributed by atoms with van der Waals surface area (Å²) in [6.45, 7) is 0.173. The molecule has 29 heavy (non-hydrogen) atoms. The number of nitrogens with one attached hydrogen (secondary N) is 1. The van der Waals surface area contributed by atoms with E-state index in [-0.39, 0.29) is 12.4 Å². The highest BCUT2D eigenvalue weighted by Crippen LogP contribution is 2.19. The van der Waals surface area contributed by atoms with Crippen molar-refractivity contribution < 1.29 is 18.7 Å². The Bertz CT molecular complexity index is 993. The highest BCUT2D eigenvalue weighted by Gasteiger charge is 2.04. The molecule has 0 heterocycles. The van der Waals surface area contributed by atoms with Gasteiger partial charge in [-0.15, -0.1) is 0 Å². The quantitative estimate of drug-likeness (QED) is 0.394. The van der Waals surface area contributed by atoms with Gasteiger partial charge in [0.2, 0.25) is 0 Å². The zero-order chi connectivity index (χ0) is 20.5. The van der Waals surface area contributed by atoms with Crippen molar-refractivity contribution in [1.82, 2.24) is 5.43 Å². The van der Waals surface area contributed by atoms with Crippen LogP contribution in [0.4, 0.5) is 4.39 Å². The van der Waals surface area contributed by atoms with Gasteiger partial charge in [0.15, 0.2) is 6.61 Å². The summed E-state index contributed by atoms with van der Waals surface area (Å²) in [5.74, 6) is 0.246. The average molecular weight is 457 g/mol. The number of hydrogen-bond donors (Lipinski definition) is 1. The molecule has 1 N–H and O–H groups in total. The predicted octanol–water partition coefficient (Wildman–Crippen LogP) is 4.70. The fourth-order valence-electron chi connectivity index (χ4n) is 2.39. The second-order valence-electron chi connectivity index (χ2n) is 5.99. The maximum Gasteiger partial charge on any atom is 0.277 e. The Morgan fingerprint density at radius 1 is 1.03 bits per heavy atom. The molecule has 0 spiro atoms. The lowest BCUT2D eigenvalue weighted by molar-refractivity contribution is -0.123. The smallest absolute Gasteiger partial charge is 0.277 e. The highest BCUT2D eigenvalue weighted by atomic mass is 79.9. The number of carbonyl (C=O) groups is 1. The summed E-state index contributed by atoms with van der Waals surface area (Å²) >= 11 is 3.44. The van der Waals surface area contributed by atoms with Crippen LogP contribution in [0.5, 0.6) is 11.5 Å². The van der Waals surface area contributed by atoms with E-state index in [4.69, 9.17) is 9.47 Å². The summed E-state index contributed by atoms with van der Waals surface area (Å²) in [5.41, 5.74) is 4.14. The lowest BCUT2D eigenvalue weighted by Crippen LogP contribution is -2.24. The Morgan fingerprint density at radius 2 is 1.83 bits per heavy atom. The number of halogens is 2. The monoisotopic (exact) mass is 456 g/mol. The molecule has 3 aromatic carbocycles. The summed E-state index contributed by atoms with van der Waals surface area (Å²) in [6, 6.07) is 20.7. The second kappa shape index (κ2) is 10.4. The van der Waals surface area contributed by atoms with E-state index in [0.29, 0.717) is 18.1 Å². The van der Waals surface area contributed by atoms with Crippen molar-refractivity contribution in [3.05, 3.63) is 94.2 Å². The highest BCUT2D eigenvalue weighted by molar-refractivity contribution is 9.10. The number of nitrogens with zero attached hydrogens (tertiary/aromatic N) is 1. The van der Waals surface area contributed by atoms with E-state index in [0.717, 1.165) is 15.6 Å². The minimum absolute atomic E-state index is 0.232. The third-order valence-electron chi connectivity index (χ3n) is 3.78. The Morgan fingerprint density at radius 3 is 2.62 bits per heavy atom. The normalized spacial score (nSPS) is 10.7. The zero-order valence-corrected chi connectivity index (χ0v) is 16.9. The van der Waals surface area contributed by atoms with Crippen LogP contribution >= 0.6 is 15.9 Å². The Labute approximate surface area is 176 Å². The number of hydrogen-bond acceptors (Lipinski definition) is 4. The van der Waals surface area contributed by atoms with Crippen molar-refractivity contribution in [3.63, 3.8) is 0 Å².